The van der Waals surface area contributed by atoms with E-state index >= 15 is 0 Å². The molecule has 1 N–H and O–H groups in total. The molecule has 1 unspecified atom stereocenters. The molecule has 0 aromatic heterocycles. The average Bonchev–Trinajstić information content (AvgIpc) is 3.03. The first kappa shape index (κ1) is 24.3. The van der Waals surface area contributed by atoms with E-state index in [9.17, 15) is 19.2 Å². The molecule has 32 heavy (non-hydrogen) atoms. The molecule has 1 saturated heterocycles. The Morgan fingerprint density at radius 3 is 2.72 bits per heavy atom. The third-order valence-corrected chi connectivity index (χ3v) is 6.18. The molecule has 1 atom stereocenters. The highest BCUT2D eigenvalue weighted by Gasteiger charge is 2.39. The van der Waals surface area contributed by atoms with Crippen molar-refractivity contribution in [2.24, 2.45) is 0 Å². The molecule has 0 saturated carbocycles. The van der Waals surface area contributed by atoms with E-state index in [2.05, 4.69) is 5.32 Å². The Morgan fingerprint density at radius 1 is 1.22 bits per heavy atom. The number of hydrogen-bond donors (Lipinski definition) is 1. The van der Waals surface area contributed by atoms with Gasteiger partial charge in [0, 0.05) is 42.2 Å². The molecule has 0 aliphatic carbocycles. The van der Waals surface area contributed by atoms with Crippen molar-refractivity contribution in [1.29, 1.82) is 0 Å². The maximum atomic E-state index is 12.9. The highest BCUT2D eigenvalue weighted by molar-refractivity contribution is 7.99. The van der Waals surface area contributed by atoms with Gasteiger partial charge in [0.2, 0.25) is 11.8 Å². The second-order valence-electron chi connectivity index (χ2n) is 8.83. The number of esters is 1. The number of rotatable bonds is 9. The van der Waals surface area contributed by atoms with Gasteiger partial charge in [-0.2, -0.15) is 0 Å². The summed E-state index contributed by atoms with van der Waals surface area (Å²) in [5.74, 6) is -0.389. The van der Waals surface area contributed by atoms with E-state index in [1.807, 2.05) is 32.9 Å². The Kier molecular flexibility index (Phi) is 7.95. The van der Waals surface area contributed by atoms with Gasteiger partial charge in [-0.3, -0.25) is 24.5 Å². The topological polar surface area (TPSA) is 102 Å². The fraction of sp³-hybridized carbons (Fsp3) is 0.565. The largest absolute Gasteiger partial charge is 0.460 e. The van der Waals surface area contributed by atoms with Gasteiger partial charge in [0.25, 0.3) is 5.91 Å². The molecule has 0 spiro atoms. The number of piperidine rings is 1. The number of carbonyl (C=O) groups excluding carboxylic acids is 4. The molecule has 9 heteroatoms. The summed E-state index contributed by atoms with van der Waals surface area (Å²) >= 11 is 1.60. The highest BCUT2D eigenvalue weighted by atomic mass is 32.2. The predicted molar refractivity (Wildman–Crippen MR) is 119 cm³/mol. The summed E-state index contributed by atoms with van der Waals surface area (Å²) < 4.78 is 10.9. The maximum Gasteiger partial charge on any atom is 0.306 e. The normalized spacial score (nSPS) is 18.5. The summed E-state index contributed by atoms with van der Waals surface area (Å²) in [6.07, 6.45) is 1.53. The minimum absolute atomic E-state index is 0.171. The van der Waals surface area contributed by atoms with Crippen molar-refractivity contribution in [2.45, 2.75) is 69.5 Å². The van der Waals surface area contributed by atoms with Crippen molar-refractivity contribution in [3.8, 4) is 0 Å². The molecule has 2 aliphatic rings. The number of benzene rings is 1. The van der Waals surface area contributed by atoms with Crippen molar-refractivity contribution < 1.29 is 28.7 Å². The quantitative estimate of drug-likeness (QED) is 0.261. The minimum atomic E-state index is -0.612. The second kappa shape index (κ2) is 10.5. The van der Waals surface area contributed by atoms with Crippen molar-refractivity contribution in [1.82, 2.24) is 10.2 Å². The van der Waals surface area contributed by atoms with Gasteiger partial charge in [-0.05, 0) is 51.3 Å². The number of thioether (sulfide) groups is 1. The van der Waals surface area contributed by atoms with Crippen molar-refractivity contribution in [3.63, 3.8) is 0 Å². The molecular weight excluding hydrogens is 432 g/mol. The lowest BCUT2D eigenvalue weighted by atomic mass is 10.0. The van der Waals surface area contributed by atoms with E-state index in [1.54, 1.807) is 22.7 Å². The van der Waals surface area contributed by atoms with E-state index in [4.69, 9.17) is 9.47 Å². The van der Waals surface area contributed by atoms with Crippen LogP contribution in [0.4, 0.5) is 0 Å². The smallest absolute Gasteiger partial charge is 0.306 e. The van der Waals surface area contributed by atoms with E-state index < -0.39 is 17.6 Å². The van der Waals surface area contributed by atoms with Gasteiger partial charge in [0.05, 0.1) is 6.61 Å². The summed E-state index contributed by atoms with van der Waals surface area (Å²) in [4.78, 5) is 50.7. The summed E-state index contributed by atoms with van der Waals surface area (Å²) in [7, 11) is 0. The summed E-state index contributed by atoms with van der Waals surface area (Å²) in [6, 6.07) is 4.97. The Balaban J connectivity index is 1.44. The molecule has 3 amide bonds. The van der Waals surface area contributed by atoms with E-state index in [1.165, 1.54) is 0 Å². The number of imide groups is 1. The molecule has 2 heterocycles. The van der Waals surface area contributed by atoms with Crippen molar-refractivity contribution >= 4 is 35.5 Å². The predicted octanol–water partition coefficient (Wildman–Crippen LogP) is 2.68. The number of fused-ring (bicyclic) bond motifs is 1. The molecule has 0 bridgehead atoms. The van der Waals surface area contributed by atoms with Crippen LogP contribution in [0.3, 0.4) is 0 Å². The zero-order chi connectivity index (χ0) is 23.3. The molecule has 8 nitrogen and oxygen atoms in total. The number of nitrogens with zero attached hydrogens (tertiary/aromatic N) is 1. The first-order valence-corrected chi connectivity index (χ1v) is 11.8. The molecule has 1 aromatic rings. The molecule has 2 aliphatic heterocycles. The van der Waals surface area contributed by atoms with Crippen LogP contribution in [-0.2, 0) is 30.4 Å². The van der Waals surface area contributed by atoms with Gasteiger partial charge in [-0.25, -0.2) is 0 Å². The van der Waals surface area contributed by atoms with Gasteiger partial charge in [-0.1, -0.05) is 6.07 Å². The standard InChI is InChI=1S/C23H30N2O6S/c1-23(2,3)31-20(27)8-5-11-30-12-13-32-18-7-4-6-15-16(18)14-25(22(15)29)17-9-10-19(26)24-21(17)28/h4,6-7,17H,5,8-14H2,1-3H3,(H,24,26,28). The number of ether oxygens (including phenoxy) is 2. The fourth-order valence-corrected chi connectivity index (χ4v) is 4.66. The molecule has 1 fully saturated rings. The van der Waals surface area contributed by atoms with Gasteiger partial charge in [0.1, 0.15) is 11.6 Å². The molecule has 174 valence electrons. The number of hydrogen-bond acceptors (Lipinski definition) is 7. The SMILES string of the molecule is CC(C)(C)OC(=O)CCCOCCSc1cccc2c1CN(C1CCC(=O)NC1=O)C2=O. The summed E-state index contributed by atoms with van der Waals surface area (Å²) in [5.41, 5.74) is 1.05. The van der Waals surface area contributed by atoms with Crippen LogP contribution in [0.25, 0.3) is 0 Å². The van der Waals surface area contributed by atoms with Crippen LogP contribution < -0.4 is 5.32 Å². The summed E-state index contributed by atoms with van der Waals surface area (Å²) in [5, 5.41) is 2.32. The van der Waals surface area contributed by atoms with Crippen LogP contribution in [0.2, 0.25) is 0 Å². The Labute approximate surface area is 192 Å². The zero-order valence-electron chi connectivity index (χ0n) is 18.8. The van der Waals surface area contributed by atoms with Crippen molar-refractivity contribution in [2.75, 3.05) is 19.0 Å². The lowest BCUT2D eigenvalue weighted by Gasteiger charge is -2.29. The first-order chi connectivity index (χ1) is 15.2. The average molecular weight is 463 g/mol. The monoisotopic (exact) mass is 462 g/mol. The number of amides is 3. The van der Waals surface area contributed by atoms with Crippen molar-refractivity contribution in [3.05, 3.63) is 29.3 Å². The molecule has 1 aromatic carbocycles. The number of nitrogens with one attached hydrogen (secondary N) is 1. The van der Waals surface area contributed by atoms with E-state index in [0.717, 1.165) is 10.5 Å². The third kappa shape index (κ3) is 6.32. The Morgan fingerprint density at radius 2 is 2.00 bits per heavy atom. The van der Waals surface area contributed by atoms with Crippen LogP contribution in [0.15, 0.2) is 23.1 Å². The minimum Gasteiger partial charge on any atom is -0.460 e. The highest BCUT2D eigenvalue weighted by Crippen LogP contribution is 2.34. The summed E-state index contributed by atoms with van der Waals surface area (Å²) in [6.45, 7) is 6.89. The van der Waals surface area contributed by atoms with Gasteiger partial charge >= 0.3 is 5.97 Å². The second-order valence-corrected chi connectivity index (χ2v) is 9.97. The van der Waals surface area contributed by atoms with Crippen LogP contribution in [0.5, 0.6) is 0 Å². The number of carbonyl (C=O) groups is 4. The lowest BCUT2D eigenvalue weighted by molar-refractivity contribution is -0.155. The van der Waals surface area contributed by atoms with Crippen LogP contribution in [0, 0.1) is 0 Å². The molecular formula is C23H30N2O6S. The zero-order valence-corrected chi connectivity index (χ0v) is 19.6. The van der Waals surface area contributed by atoms with Crippen LogP contribution in [-0.4, -0.2) is 59.2 Å². The molecule has 0 radical (unpaired) electrons. The van der Waals surface area contributed by atoms with Crippen LogP contribution in [0.1, 0.15) is 62.4 Å². The maximum absolute atomic E-state index is 12.9. The Bertz CT molecular complexity index is 895. The fourth-order valence-electron chi connectivity index (χ4n) is 3.72. The Hall–Kier alpha value is -2.39. The lowest BCUT2D eigenvalue weighted by Crippen LogP contribution is -2.52. The van der Waals surface area contributed by atoms with E-state index in [-0.39, 0.29) is 24.2 Å². The van der Waals surface area contributed by atoms with Gasteiger partial charge in [0.15, 0.2) is 0 Å². The first-order valence-electron chi connectivity index (χ1n) is 10.8. The molecule has 3 rings (SSSR count). The van der Waals surface area contributed by atoms with E-state index in [0.29, 0.717) is 50.3 Å². The van der Waals surface area contributed by atoms with Gasteiger partial charge < -0.3 is 14.4 Å². The van der Waals surface area contributed by atoms with Crippen LogP contribution >= 0.6 is 11.8 Å². The third-order valence-electron chi connectivity index (χ3n) is 5.11. The van der Waals surface area contributed by atoms with Gasteiger partial charge in [-0.15, -0.1) is 11.8 Å².